The van der Waals surface area contributed by atoms with Gasteiger partial charge in [0.1, 0.15) is 0 Å². The van der Waals surface area contributed by atoms with Crippen LogP contribution in [-0.2, 0) is 6.42 Å². The number of fused-ring (bicyclic) bond motifs is 1. The number of pyridine rings is 1. The summed E-state index contributed by atoms with van der Waals surface area (Å²) in [6.07, 6.45) is 3.08. The van der Waals surface area contributed by atoms with E-state index in [0.717, 1.165) is 6.42 Å². The van der Waals surface area contributed by atoms with Gasteiger partial charge in [0.15, 0.2) is 0 Å². The monoisotopic (exact) mass is 230 g/mol. The van der Waals surface area contributed by atoms with E-state index in [-0.39, 0.29) is 0 Å². The Bertz CT molecular complexity index is 521. The predicted octanol–water partition coefficient (Wildman–Crippen LogP) is 4.37. The summed E-state index contributed by atoms with van der Waals surface area (Å²) in [5, 5.41) is 2.65. The van der Waals surface area contributed by atoms with Crippen molar-refractivity contribution in [2.24, 2.45) is 0 Å². The molecule has 2 heteroatoms. The fourth-order valence-electron chi connectivity index (χ4n) is 2.28. The van der Waals surface area contributed by atoms with Crippen molar-refractivity contribution in [1.82, 2.24) is 9.97 Å². The number of nitrogens with one attached hydrogen (secondary N) is 1. The second kappa shape index (κ2) is 4.52. The topological polar surface area (TPSA) is 28.7 Å². The Morgan fingerprint density at radius 1 is 1.12 bits per heavy atom. The van der Waals surface area contributed by atoms with Crippen LogP contribution in [0.1, 0.15) is 63.5 Å². The van der Waals surface area contributed by atoms with Crippen molar-refractivity contribution in [3.05, 3.63) is 29.3 Å². The first-order valence-electron chi connectivity index (χ1n) is 6.55. The number of hydrogen-bond donors (Lipinski definition) is 1. The van der Waals surface area contributed by atoms with Crippen LogP contribution in [0, 0.1) is 0 Å². The van der Waals surface area contributed by atoms with E-state index in [1.54, 1.807) is 0 Å². The van der Waals surface area contributed by atoms with Gasteiger partial charge in [0.25, 0.3) is 0 Å². The highest BCUT2D eigenvalue weighted by molar-refractivity contribution is 5.88. The molecule has 17 heavy (non-hydrogen) atoms. The Kier molecular flexibility index (Phi) is 3.23. The zero-order valence-electron chi connectivity index (χ0n) is 11.5. The van der Waals surface area contributed by atoms with Crippen LogP contribution in [0.25, 0.3) is 10.8 Å². The molecule has 0 aliphatic rings. The summed E-state index contributed by atoms with van der Waals surface area (Å²) in [4.78, 5) is 8.14. The van der Waals surface area contributed by atoms with Crippen molar-refractivity contribution < 1.29 is 0 Å². The predicted molar refractivity (Wildman–Crippen MR) is 73.6 cm³/mol. The Morgan fingerprint density at radius 3 is 2.35 bits per heavy atom. The lowest BCUT2D eigenvalue weighted by Gasteiger charge is -2.05. The van der Waals surface area contributed by atoms with Gasteiger partial charge in [-0.05, 0) is 24.3 Å². The van der Waals surface area contributed by atoms with Gasteiger partial charge in [-0.1, -0.05) is 34.6 Å². The number of H-pyrrole nitrogens is 1. The fraction of sp³-hybridized carbons (Fsp3) is 0.533. The van der Waals surface area contributed by atoms with E-state index in [4.69, 9.17) is 0 Å². The molecule has 1 N–H and O–H groups in total. The summed E-state index contributed by atoms with van der Waals surface area (Å²) in [6.45, 7) is 11.0. The minimum atomic E-state index is 0.488. The first kappa shape index (κ1) is 12.2. The summed E-state index contributed by atoms with van der Waals surface area (Å²) in [5.74, 6) is 1.01. The van der Waals surface area contributed by atoms with E-state index in [1.165, 1.54) is 27.9 Å². The maximum absolute atomic E-state index is 4.58. The number of nitrogens with zero attached hydrogens (tertiary/aromatic N) is 1. The number of aromatic amines is 1. The summed E-state index contributed by atoms with van der Waals surface area (Å²) in [5.41, 5.74) is 3.84. The van der Waals surface area contributed by atoms with Crippen molar-refractivity contribution in [3.63, 3.8) is 0 Å². The third-order valence-corrected chi connectivity index (χ3v) is 3.35. The van der Waals surface area contributed by atoms with E-state index in [0.29, 0.717) is 11.8 Å². The first-order chi connectivity index (χ1) is 8.04. The lowest BCUT2D eigenvalue weighted by atomic mass is 10.0. The lowest BCUT2D eigenvalue weighted by molar-refractivity contribution is 0.823. The van der Waals surface area contributed by atoms with Crippen LogP contribution >= 0.6 is 0 Å². The zero-order chi connectivity index (χ0) is 12.6. The molecular weight excluding hydrogens is 208 g/mol. The Labute approximate surface area is 103 Å². The fourth-order valence-corrected chi connectivity index (χ4v) is 2.28. The average molecular weight is 230 g/mol. The molecule has 0 atom stereocenters. The molecule has 0 saturated heterocycles. The van der Waals surface area contributed by atoms with E-state index in [2.05, 4.69) is 50.7 Å². The van der Waals surface area contributed by atoms with Gasteiger partial charge in [0.2, 0.25) is 0 Å². The Hall–Kier alpha value is -1.31. The van der Waals surface area contributed by atoms with Crippen molar-refractivity contribution in [2.45, 2.75) is 52.9 Å². The van der Waals surface area contributed by atoms with Crippen molar-refractivity contribution in [1.29, 1.82) is 0 Å². The van der Waals surface area contributed by atoms with Gasteiger partial charge in [-0.25, -0.2) is 0 Å². The van der Waals surface area contributed by atoms with E-state index in [9.17, 15) is 0 Å². The van der Waals surface area contributed by atoms with Crippen LogP contribution in [0.5, 0.6) is 0 Å². The summed E-state index contributed by atoms with van der Waals surface area (Å²) < 4.78 is 0. The number of hydrogen-bond acceptors (Lipinski definition) is 1. The third kappa shape index (κ3) is 2.08. The van der Waals surface area contributed by atoms with Crippen LogP contribution in [0.15, 0.2) is 12.3 Å². The molecule has 2 aromatic heterocycles. The van der Waals surface area contributed by atoms with E-state index in [1.807, 2.05) is 6.20 Å². The molecule has 0 fully saturated rings. The SMILES string of the molecule is CCc1[nH]c(C(C)C)c2cnc(C(C)C)cc12. The maximum atomic E-state index is 4.58. The second-order valence-electron chi connectivity index (χ2n) is 5.33. The molecule has 0 spiro atoms. The molecule has 0 aliphatic heterocycles. The molecule has 2 nitrogen and oxygen atoms in total. The standard InChI is InChI=1S/C15H22N2/c1-6-13-11-7-14(9(2)3)16-8-12(11)15(17-13)10(4)5/h7-10,17H,6H2,1-5H3. The summed E-state index contributed by atoms with van der Waals surface area (Å²) in [6, 6.07) is 2.25. The third-order valence-electron chi connectivity index (χ3n) is 3.35. The van der Waals surface area contributed by atoms with Gasteiger partial charge in [0, 0.05) is 34.1 Å². The summed E-state index contributed by atoms with van der Waals surface area (Å²) in [7, 11) is 0. The maximum Gasteiger partial charge on any atom is 0.0436 e. The van der Waals surface area contributed by atoms with Gasteiger partial charge in [-0.3, -0.25) is 4.98 Å². The van der Waals surface area contributed by atoms with Crippen LogP contribution in [-0.4, -0.2) is 9.97 Å². The van der Waals surface area contributed by atoms with Crippen molar-refractivity contribution >= 4 is 10.8 Å². The second-order valence-corrected chi connectivity index (χ2v) is 5.33. The van der Waals surface area contributed by atoms with Crippen LogP contribution in [0.2, 0.25) is 0 Å². The van der Waals surface area contributed by atoms with Crippen molar-refractivity contribution in [3.8, 4) is 0 Å². The summed E-state index contributed by atoms with van der Waals surface area (Å²) >= 11 is 0. The van der Waals surface area contributed by atoms with Crippen LogP contribution < -0.4 is 0 Å². The lowest BCUT2D eigenvalue weighted by Crippen LogP contribution is -1.92. The van der Waals surface area contributed by atoms with Crippen LogP contribution in [0.3, 0.4) is 0 Å². The molecule has 0 aliphatic carbocycles. The van der Waals surface area contributed by atoms with Crippen molar-refractivity contribution in [2.75, 3.05) is 0 Å². The molecule has 2 aromatic rings. The molecule has 0 radical (unpaired) electrons. The van der Waals surface area contributed by atoms with Crippen LogP contribution in [0.4, 0.5) is 0 Å². The molecular formula is C15H22N2. The quantitative estimate of drug-likeness (QED) is 0.833. The van der Waals surface area contributed by atoms with Gasteiger partial charge >= 0.3 is 0 Å². The minimum absolute atomic E-state index is 0.488. The number of aromatic nitrogens is 2. The minimum Gasteiger partial charge on any atom is -0.361 e. The molecule has 0 saturated carbocycles. The first-order valence-corrected chi connectivity index (χ1v) is 6.55. The smallest absolute Gasteiger partial charge is 0.0436 e. The van der Waals surface area contributed by atoms with E-state index < -0.39 is 0 Å². The number of aryl methyl sites for hydroxylation is 1. The highest BCUT2D eigenvalue weighted by Gasteiger charge is 2.13. The van der Waals surface area contributed by atoms with Gasteiger partial charge in [0.05, 0.1) is 0 Å². The average Bonchev–Trinajstić information content (AvgIpc) is 2.66. The molecule has 0 unspecified atom stereocenters. The molecule has 0 aromatic carbocycles. The highest BCUT2D eigenvalue weighted by atomic mass is 14.8. The molecule has 0 amide bonds. The highest BCUT2D eigenvalue weighted by Crippen LogP contribution is 2.29. The largest absolute Gasteiger partial charge is 0.361 e. The van der Waals surface area contributed by atoms with Gasteiger partial charge in [-0.2, -0.15) is 0 Å². The normalized spacial score (nSPS) is 11.9. The molecule has 2 rings (SSSR count). The molecule has 92 valence electrons. The number of rotatable bonds is 3. The van der Waals surface area contributed by atoms with E-state index >= 15 is 0 Å². The molecule has 0 bridgehead atoms. The zero-order valence-corrected chi connectivity index (χ0v) is 11.5. The van der Waals surface area contributed by atoms with Gasteiger partial charge in [-0.15, -0.1) is 0 Å². The van der Waals surface area contributed by atoms with Gasteiger partial charge < -0.3 is 4.98 Å². The molecule has 2 heterocycles. The Morgan fingerprint density at radius 2 is 1.82 bits per heavy atom. The Balaban J connectivity index is 2.68.